The zero-order chi connectivity index (χ0) is 19.7. The van der Waals surface area contributed by atoms with Gasteiger partial charge in [-0.05, 0) is 28.6 Å². The molecule has 0 saturated heterocycles. The van der Waals surface area contributed by atoms with Crippen LogP contribution in [0.2, 0.25) is 0 Å². The number of carbonyl (C=O) groups excluding carboxylic acids is 1. The van der Waals surface area contributed by atoms with E-state index in [-0.39, 0.29) is 11.5 Å². The Hall–Kier alpha value is -3.19. The molecule has 2 heterocycles. The van der Waals surface area contributed by atoms with Gasteiger partial charge in [0.2, 0.25) is 11.1 Å². The molecule has 0 spiro atoms. The van der Waals surface area contributed by atoms with Crippen molar-refractivity contribution in [2.75, 3.05) is 11.2 Å². The number of aromatic nitrogens is 3. The van der Waals surface area contributed by atoms with Crippen molar-refractivity contribution in [1.82, 2.24) is 10.1 Å². The number of hydrogen-bond donors (Lipinski definition) is 1. The maximum atomic E-state index is 12.8. The first kappa shape index (κ1) is 18.2. The van der Waals surface area contributed by atoms with Gasteiger partial charge in [0.25, 0.3) is 6.17 Å². The largest absolute Gasteiger partial charge is 0.325 e. The smallest absolute Gasteiger partial charge is 0.291 e. The zero-order valence-electron chi connectivity index (χ0n) is 15.5. The van der Waals surface area contributed by atoms with Gasteiger partial charge in [-0.1, -0.05) is 60.3 Å². The number of fused-ring (bicyclic) bond motifs is 3. The Kier molecular flexibility index (Phi) is 4.83. The van der Waals surface area contributed by atoms with E-state index in [9.17, 15) is 9.59 Å². The highest BCUT2D eigenvalue weighted by Crippen LogP contribution is 2.35. The number of H-pyrrole nitrogens is 1. The summed E-state index contributed by atoms with van der Waals surface area (Å²) in [6, 6.07) is 17.2. The van der Waals surface area contributed by atoms with E-state index in [0.29, 0.717) is 22.1 Å². The highest BCUT2D eigenvalue weighted by atomic mass is 32.2. The molecule has 2 aromatic carbocycles. The van der Waals surface area contributed by atoms with Crippen LogP contribution in [-0.2, 0) is 4.79 Å². The molecule has 0 fully saturated rings. The molecule has 0 aliphatic carbocycles. The highest BCUT2D eigenvalue weighted by Gasteiger charge is 2.42. The minimum Gasteiger partial charge on any atom is -0.291 e. The fourth-order valence-corrected chi connectivity index (χ4v) is 3.75. The molecule has 1 aromatic heterocycles. The number of nitrogens with one attached hydrogen (secondary N) is 1. The van der Waals surface area contributed by atoms with Crippen LogP contribution < -0.4 is 15.1 Å². The van der Waals surface area contributed by atoms with Crippen molar-refractivity contribution in [1.29, 1.82) is 0 Å². The van der Waals surface area contributed by atoms with E-state index in [1.165, 1.54) is 18.7 Å². The van der Waals surface area contributed by atoms with Crippen molar-refractivity contribution in [3.63, 3.8) is 0 Å². The number of aromatic amines is 1. The van der Waals surface area contributed by atoms with Gasteiger partial charge in [-0.15, -0.1) is 0 Å². The van der Waals surface area contributed by atoms with Crippen LogP contribution in [0.4, 0.5) is 5.69 Å². The van der Waals surface area contributed by atoms with Gasteiger partial charge in [-0.25, -0.2) is 4.90 Å². The maximum Gasteiger partial charge on any atom is 0.325 e. The van der Waals surface area contributed by atoms with Crippen molar-refractivity contribution in [3.8, 4) is 11.3 Å². The van der Waals surface area contributed by atoms with Gasteiger partial charge in [0.05, 0.1) is 11.3 Å². The predicted octanol–water partition coefficient (Wildman–Crippen LogP) is 3.02. The number of nitrogens with zero attached hydrogens (tertiary/aromatic N) is 3. The topological polar surface area (TPSA) is 69.9 Å². The number of thioether (sulfide) groups is 1. The van der Waals surface area contributed by atoms with Gasteiger partial charge < -0.3 is 0 Å². The number of carbonyl (C=O) groups is 1. The Morgan fingerprint density at radius 2 is 1.89 bits per heavy atom. The Morgan fingerprint density at radius 1 is 1.18 bits per heavy atom. The molecule has 1 aliphatic heterocycles. The average Bonchev–Trinajstić information content (AvgIpc) is 2.71. The van der Waals surface area contributed by atoms with Crippen molar-refractivity contribution < 1.29 is 9.48 Å². The third kappa shape index (κ3) is 3.14. The highest BCUT2D eigenvalue weighted by molar-refractivity contribution is 7.98. The van der Waals surface area contributed by atoms with Crippen molar-refractivity contribution in [3.05, 3.63) is 76.6 Å². The van der Waals surface area contributed by atoms with E-state index in [2.05, 4.69) is 10.1 Å². The van der Waals surface area contributed by atoms with E-state index in [1.807, 2.05) is 73.0 Å². The molecule has 0 saturated carbocycles. The third-order valence-corrected chi connectivity index (χ3v) is 5.16. The van der Waals surface area contributed by atoms with Crippen molar-refractivity contribution in [2.45, 2.75) is 18.2 Å². The number of para-hydroxylation sites is 1. The molecular weight excluding hydrogens is 372 g/mol. The van der Waals surface area contributed by atoms with Crippen molar-refractivity contribution >= 4 is 29.4 Å². The Morgan fingerprint density at radius 3 is 2.61 bits per heavy atom. The number of rotatable bonds is 3. The standard InChI is InChI=1S/C21H18N4O2S/c1-14(26)24-17-11-7-6-10-16(17)19-20(27)22-21(28-2)23-25(19)18(24)13-12-15-8-4-3-5-9-15/h3-13,18H,1-2H3/p+1/b13-12+. The summed E-state index contributed by atoms with van der Waals surface area (Å²) in [6.07, 6.45) is 5.13. The first-order valence-electron chi connectivity index (χ1n) is 8.82. The molecule has 1 amide bonds. The molecule has 0 radical (unpaired) electrons. The lowest BCUT2D eigenvalue weighted by atomic mass is 10.0. The summed E-state index contributed by atoms with van der Waals surface area (Å²) in [5, 5.41) is 5.09. The predicted molar refractivity (Wildman–Crippen MR) is 110 cm³/mol. The summed E-state index contributed by atoms with van der Waals surface area (Å²) in [7, 11) is 0. The van der Waals surface area contributed by atoms with Crippen molar-refractivity contribution in [2.24, 2.45) is 0 Å². The van der Waals surface area contributed by atoms with Gasteiger partial charge in [0, 0.05) is 18.1 Å². The normalized spacial score (nSPS) is 15.4. The van der Waals surface area contributed by atoms with Crippen LogP contribution in [0.25, 0.3) is 17.3 Å². The number of benzene rings is 2. The fourth-order valence-electron chi connectivity index (χ4n) is 3.38. The lowest BCUT2D eigenvalue weighted by Gasteiger charge is -2.29. The summed E-state index contributed by atoms with van der Waals surface area (Å²) >= 11 is 1.35. The number of amides is 1. The summed E-state index contributed by atoms with van der Waals surface area (Å²) in [4.78, 5) is 29.9. The molecule has 1 atom stereocenters. The summed E-state index contributed by atoms with van der Waals surface area (Å²) in [5.41, 5.74) is 2.59. The first-order chi connectivity index (χ1) is 13.6. The zero-order valence-corrected chi connectivity index (χ0v) is 16.3. The molecule has 3 aromatic rings. The van der Waals surface area contributed by atoms with E-state index in [1.54, 1.807) is 9.58 Å². The quantitative estimate of drug-likeness (QED) is 0.550. The van der Waals surface area contributed by atoms with Gasteiger partial charge >= 0.3 is 11.3 Å². The van der Waals surface area contributed by atoms with Gasteiger partial charge in [-0.3, -0.25) is 14.6 Å². The first-order valence-corrected chi connectivity index (χ1v) is 10.0. The molecular formula is C21H19N4O2S+. The van der Waals surface area contributed by atoms with E-state index in [4.69, 9.17) is 0 Å². The lowest BCUT2D eigenvalue weighted by Crippen LogP contribution is -2.59. The number of anilines is 1. The third-order valence-electron chi connectivity index (χ3n) is 4.59. The SMILES string of the molecule is CSc1n[n+]2c(c(=O)[nH]1)-c1ccccc1N(C(C)=O)C2/C=C/c1ccccc1. The second kappa shape index (κ2) is 7.44. The Labute approximate surface area is 166 Å². The second-order valence-corrected chi connectivity index (χ2v) is 7.14. The summed E-state index contributed by atoms with van der Waals surface area (Å²) < 4.78 is 1.63. The maximum absolute atomic E-state index is 12.8. The van der Waals surface area contributed by atoms with Gasteiger partial charge in [-0.2, -0.15) is 0 Å². The Balaban J connectivity index is 1.96. The average molecular weight is 391 g/mol. The monoisotopic (exact) mass is 391 g/mol. The van der Waals surface area contributed by atoms with Crippen LogP contribution in [0.3, 0.4) is 0 Å². The van der Waals surface area contributed by atoms with Crippen LogP contribution in [0.1, 0.15) is 18.7 Å². The minimum absolute atomic E-state index is 0.124. The van der Waals surface area contributed by atoms with E-state index < -0.39 is 6.17 Å². The summed E-state index contributed by atoms with van der Waals surface area (Å²) in [6.45, 7) is 1.52. The van der Waals surface area contributed by atoms with Gasteiger partial charge in [0.1, 0.15) is 0 Å². The molecule has 1 aliphatic rings. The molecule has 140 valence electrons. The number of hydrogen-bond acceptors (Lipinski definition) is 4. The summed E-state index contributed by atoms with van der Waals surface area (Å²) in [5.74, 6) is -0.124. The van der Waals surface area contributed by atoms with Crippen LogP contribution in [0.15, 0.2) is 70.6 Å². The van der Waals surface area contributed by atoms with Crippen LogP contribution in [0, 0.1) is 0 Å². The Bertz CT molecular complexity index is 1120. The van der Waals surface area contributed by atoms with Crippen LogP contribution >= 0.6 is 11.8 Å². The van der Waals surface area contributed by atoms with Gasteiger partial charge in [0.15, 0.2) is 0 Å². The molecule has 7 heteroatoms. The molecule has 0 bridgehead atoms. The lowest BCUT2D eigenvalue weighted by molar-refractivity contribution is -0.761. The fraction of sp³-hybridized carbons (Fsp3) is 0.143. The minimum atomic E-state index is -0.546. The molecule has 1 unspecified atom stereocenters. The van der Waals surface area contributed by atoms with Crippen LogP contribution in [-0.4, -0.2) is 22.2 Å². The second-order valence-electron chi connectivity index (χ2n) is 6.35. The van der Waals surface area contributed by atoms with E-state index in [0.717, 1.165) is 5.56 Å². The molecule has 4 rings (SSSR count). The molecule has 28 heavy (non-hydrogen) atoms. The van der Waals surface area contributed by atoms with E-state index >= 15 is 0 Å². The molecule has 1 N–H and O–H groups in total. The van der Waals surface area contributed by atoms with Crippen LogP contribution in [0.5, 0.6) is 0 Å². The molecule has 6 nitrogen and oxygen atoms in total.